The zero-order valence-corrected chi connectivity index (χ0v) is 17.9. The van der Waals surface area contributed by atoms with Crippen molar-refractivity contribution >= 4 is 18.0 Å². The van der Waals surface area contributed by atoms with E-state index >= 15 is 0 Å². The van der Waals surface area contributed by atoms with E-state index in [1.165, 1.54) is 20.8 Å². The number of carbonyl (C=O) groups is 3. The second-order valence-electron chi connectivity index (χ2n) is 7.78. The van der Waals surface area contributed by atoms with Crippen LogP contribution in [0.3, 0.4) is 0 Å². The quantitative estimate of drug-likeness (QED) is 0.139. The number of rotatable bonds is 12. The van der Waals surface area contributed by atoms with Gasteiger partial charge in [-0.25, -0.2) is 9.63 Å². The van der Waals surface area contributed by atoms with Gasteiger partial charge in [-0.15, -0.1) is 0 Å². The first-order valence-electron chi connectivity index (χ1n) is 10.1. The molecule has 0 aromatic carbocycles. The first-order valence-corrected chi connectivity index (χ1v) is 10.1. The molecule has 0 aromatic heterocycles. The fraction of sp³-hybridized carbons (Fsp3) is 0.833. The predicted molar refractivity (Wildman–Crippen MR) is 102 cm³/mol. The highest BCUT2D eigenvalue weighted by Crippen LogP contribution is 2.38. The van der Waals surface area contributed by atoms with Crippen molar-refractivity contribution in [2.75, 3.05) is 6.54 Å². The number of hydrogen-bond acceptors (Lipinski definition) is 11. The summed E-state index contributed by atoms with van der Waals surface area (Å²) in [7, 11) is 0. The van der Waals surface area contributed by atoms with Crippen LogP contribution < -0.4 is 10.6 Å². The van der Waals surface area contributed by atoms with Gasteiger partial charge in [-0.05, 0) is 32.1 Å². The Morgan fingerprint density at radius 2 is 1.68 bits per heavy atom. The zero-order valence-electron chi connectivity index (χ0n) is 17.9. The van der Waals surface area contributed by atoms with E-state index in [0.717, 1.165) is 19.3 Å². The van der Waals surface area contributed by atoms with Crippen LogP contribution in [-0.4, -0.2) is 75.3 Å². The van der Waals surface area contributed by atoms with Crippen molar-refractivity contribution < 1.29 is 49.3 Å². The van der Waals surface area contributed by atoms with E-state index in [-0.39, 0.29) is 13.0 Å². The Labute approximate surface area is 180 Å². The van der Waals surface area contributed by atoms with E-state index in [4.69, 9.17) is 19.9 Å². The van der Waals surface area contributed by atoms with E-state index in [1.54, 1.807) is 0 Å². The van der Waals surface area contributed by atoms with Gasteiger partial charge in [0.1, 0.15) is 18.4 Å². The molecule has 13 nitrogen and oxygen atoms in total. The Morgan fingerprint density at radius 3 is 2.19 bits per heavy atom. The number of carbonyl (C=O) groups excluding carboxylic acids is 2. The topological polar surface area (TPSA) is 187 Å². The summed E-state index contributed by atoms with van der Waals surface area (Å²) >= 11 is 0. The number of nitrogens with one attached hydrogen (secondary N) is 2. The number of carboxylic acids is 1. The molecule has 13 heteroatoms. The average molecular weight is 451 g/mol. The van der Waals surface area contributed by atoms with E-state index in [2.05, 4.69) is 15.5 Å². The highest BCUT2D eigenvalue weighted by Gasteiger charge is 2.35. The maximum absolute atomic E-state index is 12.3. The number of aliphatic hydroxyl groups excluding tert-OH is 1. The monoisotopic (exact) mass is 451 g/mol. The molecule has 4 unspecified atom stereocenters. The number of esters is 1. The van der Waals surface area contributed by atoms with Crippen molar-refractivity contribution in [3.63, 3.8) is 0 Å². The molecule has 180 valence electrons. The Bertz CT molecular complexity index is 595. The summed E-state index contributed by atoms with van der Waals surface area (Å²) < 4.78 is 10.0. The number of ether oxygens (including phenoxy) is 2. The third-order valence-electron chi connectivity index (χ3n) is 5.01. The second-order valence-corrected chi connectivity index (χ2v) is 7.78. The Kier molecular flexibility index (Phi) is 11.1. The lowest BCUT2D eigenvalue weighted by atomic mass is 9.72. The first-order chi connectivity index (χ1) is 14.4. The fourth-order valence-electron chi connectivity index (χ4n) is 3.62. The van der Waals surface area contributed by atoms with Gasteiger partial charge in [0.25, 0.3) is 0 Å². The number of alkyl carbamates (subject to hydrolysis) is 1. The highest BCUT2D eigenvalue weighted by atomic mass is 17.1. The van der Waals surface area contributed by atoms with Crippen LogP contribution in [0.1, 0.15) is 59.3 Å². The van der Waals surface area contributed by atoms with Crippen LogP contribution in [0.4, 0.5) is 4.79 Å². The summed E-state index contributed by atoms with van der Waals surface area (Å²) in [5.41, 5.74) is -0.539. The standard InChI is InChI=1S/C18H33N3O10/c1-11(31-21(27)28)15(20-12(2)22)16(25)29-13(3)30-17(26)19-10-18(9-14(23)24)7-5-4-6-8-18/h11-13,15,20,22,27-28H,4-10H2,1-3H3,(H,19,26)(H,23,24). The maximum Gasteiger partial charge on any atom is 0.410 e. The fourth-order valence-corrected chi connectivity index (χ4v) is 3.62. The number of aliphatic hydroxyl groups is 1. The summed E-state index contributed by atoms with van der Waals surface area (Å²) in [6.07, 6.45) is -0.430. The van der Waals surface area contributed by atoms with E-state index < -0.39 is 53.5 Å². The van der Waals surface area contributed by atoms with Gasteiger partial charge in [0, 0.05) is 13.5 Å². The molecule has 1 aliphatic carbocycles. The summed E-state index contributed by atoms with van der Waals surface area (Å²) in [6.45, 7) is 4.05. The normalized spacial score (nSPS) is 19.7. The molecule has 0 aliphatic heterocycles. The molecule has 4 atom stereocenters. The van der Waals surface area contributed by atoms with Gasteiger partial charge in [0.05, 0.1) is 11.8 Å². The lowest BCUT2D eigenvalue weighted by Gasteiger charge is -2.36. The molecule has 0 radical (unpaired) electrons. The molecule has 0 heterocycles. The summed E-state index contributed by atoms with van der Waals surface area (Å²) in [5, 5.41) is 40.5. The second kappa shape index (κ2) is 12.7. The lowest BCUT2D eigenvalue weighted by molar-refractivity contribution is -0.504. The van der Waals surface area contributed by atoms with Crippen LogP contribution in [0.15, 0.2) is 0 Å². The van der Waals surface area contributed by atoms with Gasteiger partial charge >= 0.3 is 18.0 Å². The summed E-state index contributed by atoms with van der Waals surface area (Å²) in [5.74, 6) is -1.91. The SMILES string of the molecule is CC(O)NC(C(=O)OC(C)OC(=O)NCC1(CC(=O)O)CCCCC1)C(C)ON(O)O. The smallest absolute Gasteiger partial charge is 0.410 e. The van der Waals surface area contributed by atoms with Crippen molar-refractivity contribution in [3.05, 3.63) is 0 Å². The molecule has 0 spiro atoms. The van der Waals surface area contributed by atoms with Crippen LogP contribution >= 0.6 is 0 Å². The maximum atomic E-state index is 12.3. The van der Waals surface area contributed by atoms with Crippen molar-refractivity contribution in [2.45, 2.75) is 84.0 Å². The molecule has 0 aromatic rings. The largest absolute Gasteiger partial charge is 0.481 e. The minimum absolute atomic E-state index is 0.0604. The molecule has 1 amide bonds. The molecular weight excluding hydrogens is 418 g/mol. The van der Waals surface area contributed by atoms with Crippen LogP contribution in [0.25, 0.3) is 0 Å². The summed E-state index contributed by atoms with van der Waals surface area (Å²) in [4.78, 5) is 40.2. The highest BCUT2D eigenvalue weighted by molar-refractivity contribution is 5.77. The molecule has 0 bridgehead atoms. The Morgan fingerprint density at radius 1 is 1.06 bits per heavy atom. The molecular formula is C18H33N3O10. The van der Waals surface area contributed by atoms with Crippen LogP contribution in [0.5, 0.6) is 0 Å². The van der Waals surface area contributed by atoms with E-state index in [1.807, 2.05) is 0 Å². The number of hydrogen-bond donors (Lipinski definition) is 6. The lowest BCUT2D eigenvalue weighted by Crippen LogP contribution is -2.52. The Balaban J connectivity index is 2.59. The number of carboxylic acid groups (broad SMARTS) is 1. The minimum atomic E-state index is -1.32. The van der Waals surface area contributed by atoms with Crippen LogP contribution in [-0.2, 0) is 23.9 Å². The van der Waals surface area contributed by atoms with Gasteiger partial charge in [0.2, 0.25) is 6.29 Å². The third-order valence-corrected chi connectivity index (χ3v) is 5.01. The first kappa shape index (κ1) is 27.0. The molecule has 1 fully saturated rings. The minimum Gasteiger partial charge on any atom is -0.481 e. The van der Waals surface area contributed by atoms with Crippen molar-refractivity contribution in [2.24, 2.45) is 5.41 Å². The molecule has 31 heavy (non-hydrogen) atoms. The van der Waals surface area contributed by atoms with Crippen molar-refractivity contribution in [3.8, 4) is 0 Å². The van der Waals surface area contributed by atoms with Crippen molar-refractivity contribution in [1.29, 1.82) is 0 Å². The van der Waals surface area contributed by atoms with Gasteiger partial charge in [0.15, 0.2) is 0 Å². The molecule has 6 N–H and O–H groups in total. The van der Waals surface area contributed by atoms with Crippen molar-refractivity contribution in [1.82, 2.24) is 16.0 Å². The molecule has 1 rings (SSSR count). The predicted octanol–water partition coefficient (Wildman–Crippen LogP) is 0.724. The van der Waals surface area contributed by atoms with Gasteiger partial charge < -0.3 is 25.0 Å². The Hall–Kier alpha value is -2.03. The zero-order chi connectivity index (χ0) is 23.6. The van der Waals surface area contributed by atoms with E-state index in [9.17, 15) is 24.6 Å². The van der Waals surface area contributed by atoms with Gasteiger partial charge in [-0.3, -0.25) is 25.3 Å². The number of aliphatic carboxylic acids is 1. The van der Waals surface area contributed by atoms with Gasteiger partial charge in [-0.2, -0.15) is 0 Å². The summed E-state index contributed by atoms with van der Waals surface area (Å²) in [6, 6.07) is -1.32. The number of amides is 1. The van der Waals surface area contributed by atoms with E-state index in [0.29, 0.717) is 12.8 Å². The molecule has 1 aliphatic rings. The third kappa shape index (κ3) is 10.2. The average Bonchev–Trinajstić information content (AvgIpc) is 2.63. The molecule has 0 saturated heterocycles. The molecule has 1 saturated carbocycles. The van der Waals surface area contributed by atoms with Crippen LogP contribution in [0.2, 0.25) is 0 Å². The van der Waals surface area contributed by atoms with Crippen LogP contribution in [0, 0.1) is 5.41 Å². The number of nitrogens with zero attached hydrogens (tertiary/aromatic N) is 1. The van der Waals surface area contributed by atoms with Gasteiger partial charge in [-0.1, -0.05) is 19.3 Å².